The summed E-state index contributed by atoms with van der Waals surface area (Å²) >= 11 is 0. The number of nitrogens with one attached hydrogen (secondary N) is 1. The van der Waals surface area contributed by atoms with Gasteiger partial charge in [-0.2, -0.15) is 0 Å². The molecule has 0 saturated carbocycles. The van der Waals surface area contributed by atoms with E-state index in [2.05, 4.69) is 29.4 Å². The summed E-state index contributed by atoms with van der Waals surface area (Å²) in [7, 11) is 3.96. The largest absolute Gasteiger partial charge is 0.496 e. The highest BCUT2D eigenvalue weighted by Crippen LogP contribution is 2.17. The molecule has 1 heterocycles. The van der Waals surface area contributed by atoms with E-state index in [9.17, 15) is 0 Å². The van der Waals surface area contributed by atoms with E-state index in [1.165, 1.54) is 31.5 Å². The molecule has 3 heteroatoms. The topological polar surface area (TPSA) is 24.5 Å². The molecule has 1 N–H and O–H groups in total. The first-order chi connectivity index (χ1) is 9.29. The van der Waals surface area contributed by atoms with Crippen molar-refractivity contribution in [2.75, 3.05) is 40.3 Å². The Labute approximate surface area is 116 Å². The van der Waals surface area contributed by atoms with E-state index in [0.29, 0.717) is 0 Å². The van der Waals surface area contributed by atoms with Crippen molar-refractivity contribution in [2.45, 2.75) is 19.3 Å². The van der Waals surface area contributed by atoms with E-state index in [1.807, 2.05) is 12.1 Å². The zero-order chi connectivity index (χ0) is 13.5. The molecule has 0 radical (unpaired) electrons. The van der Waals surface area contributed by atoms with Crippen LogP contribution >= 0.6 is 0 Å². The van der Waals surface area contributed by atoms with Gasteiger partial charge < -0.3 is 15.0 Å². The van der Waals surface area contributed by atoms with Crippen molar-refractivity contribution in [2.24, 2.45) is 5.92 Å². The molecule has 0 spiro atoms. The molecule has 1 unspecified atom stereocenters. The highest BCUT2D eigenvalue weighted by Gasteiger charge is 2.16. The lowest BCUT2D eigenvalue weighted by molar-refractivity contribution is 0.206. The average Bonchev–Trinajstić information content (AvgIpc) is 2.44. The van der Waals surface area contributed by atoms with Gasteiger partial charge in [-0.05, 0) is 63.5 Å². The van der Waals surface area contributed by atoms with Crippen molar-refractivity contribution in [3.05, 3.63) is 29.8 Å². The summed E-state index contributed by atoms with van der Waals surface area (Å²) in [4.78, 5) is 2.44. The van der Waals surface area contributed by atoms with Gasteiger partial charge in [-0.25, -0.2) is 0 Å². The summed E-state index contributed by atoms with van der Waals surface area (Å²) in [5, 5.41) is 3.59. The lowest BCUT2D eigenvalue weighted by Gasteiger charge is -2.29. The molecular formula is C16H26N2O. The van der Waals surface area contributed by atoms with Crippen molar-refractivity contribution in [1.82, 2.24) is 10.2 Å². The zero-order valence-corrected chi connectivity index (χ0v) is 12.2. The van der Waals surface area contributed by atoms with Crippen LogP contribution in [-0.2, 0) is 6.42 Å². The van der Waals surface area contributed by atoms with Gasteiger partial charge in [0.05, 0.1) is 7.11 Å². The van der Waals surface area contributed by atoms with Crippen molar-refractivity contribution in [3.8, 4) is 5.75 Å². The fourth-order valence-electron chi connectivity index (χ4n) is 2.88. The first-order valence-electron chi connectivity index (χ1n) is 7.30. The molecule has 1 atom stereocenters. The zero-order valence-electron chi connectivity index (χ0n) is 12.2. The Morgan fingerprint density at radius 2 is 2.21 bits per heavy atom. The molecule has 3 nitrogen and oxygen atoms in total. The molecule has 1 aromatic carbocycles. The molecule has 0 aliphatic carbocycles. The van der Waals surface area contributed by atoms with E-state index in [-0.39, 0.29) is 0 Å². The van der Waals surface area contributed by atoms with E-state index in [4.69, 9.17) is 4.74 Å². The van der Waals surface area contributed by atoms with Gasteiger partial charge in [0.15, 0.2) is 0 Å². The Morgan fingerprint density at radius 3 is 3.00 bits per heavy atom. The van der Waals surface area contributed by atoms with Crippen molar-refractivity contribution < 1.29 is 4.74 Å². The Kier molecular flexibility index (Phi) is 5.67. The first-order valence-corrected chi connectivity index (χ1v) is 7.30. The van der Waals surface area contributed by atoms with E-state index >= 15 is 0 Å². The normalized spacial score (nSPS) is 20.4. The number of hydrogen-bond acceptors (Lipinski definition) is 3. The lowest BCUT2D eigenvalue weighted by atomic mass is 9.98. The van der Waals surface area contributed by atoms with Crippen LogP contribution in [0.1, 0.15) is 18.4 Å². The number of benzene rings is 1. The second-order valence-electron chi connectivity index (χ2n) is 5.54. The Morgan fingerprint density at radius 1 is 1.37 bits per heavy atom. The third kappa shape index (κ3) is 4.51. The van der Waals surface area contributed by atoms with Crippen molar-refractivity contribution in [1.29, 1.82) is 0 Å². The number of rotatable bonds is 6. The predicted molar refractivity (Wildman–Crippen MR) is 79.8 cm³/mol. The number of hydrogen-bond donors (Lipinski definition) is 1. The number of ether oxygens (including phenoxy) is 1. The molecule has 0 amide bonds. The van der Waals surface area contributed by atoms with Gasteiger partial charge >= 0.3 is 0 Å². The summed E-state index contributed by atoms with van der Waals surface area (Å²) in [5.41, 5.74) is 1.29. The minimum absolute atomic E-state index is 0.816. The van der Waals surface area contributed by atoms with Crippen LogP contribution in [0.25, 0.3) is 0 Å². The summed E-state index contributed by atoms with van der Waals surface area (Å²) in [6, 6.07) is 8.28. The Hall–Kier alpha value is -1.06. The molecule has 1 aliphatic heterocycles. The third-order valence-electron chi connectivity index (χ3n) is 3.92. The van der Waals surface area contributed by atoms with Gasteiger partial charge in [0.1, 0.15) is 5.75 Å². The maximum absolute atomic E-state index is 5.37. The molecule has 1 aliphatic rings. The quantitative estimate of drug-likeness (QED) is 0.795. The van der Waals surface area contributed by atoms with Gasteiger partial charge in [-0.15, -0.1) is 0 Å². The number of para-hydroxylation sites is 1. The fourth-order valence-corrected chi connectivity index (χ4v) is 2.88. The molecular weight excluding hydrogens is 236 g/mol. The lowest BCUT2D eigenvalue weighted by Crippen LogP contribution is -2.37. The second kappa shape index (κ2) is 7.51. The molecule has 106 valence electrons. The van der Waals surface area contributed by atoms with Crippen LogP contribution in [0.5, 0.6) is 5.75 Å². The van der Waals surface area contributed by atoms with Gasteiger partial charge in [-0.3, -0.25) is 0 Å². The Bertz CT molecular complexity index is 381. The van der Waals surface area contributed by atoms with E-state index < -0.39 is 0 Å². The third-order valence-corrected chi connectivity index (χ3v) is 3.92. The highest BCUT2D eigenvalue weighted by molar-refractivity contribution is 5.33. The Balaban J connectivity index is 1.69. The van der Waals surface area contributed by atoms with Gasteiger partial charge in [0, 0.05) is 6.54 Å². The summed E-state index contributed by atoms with van der Waals surface area (Å²) in [5.74, 6) is 1.82. The maximum atomic E-state index is 5.37. The molecule has 1 fully saturated rings. The maximum Gasteiger partial charge on any atom is 0.122 e. The SMILES string of the molecule is COc1ccccc1CCNCC1CCCN(C)C1. The smallest absolute Gasteiger partial charge is 0.122 e. The number of methoxy groups -OCH3 is 1. The first kappa shape index (κ1) is 14.4. The summed E-state index contributed by atoms with van der Waals surface area (Å²) < 4.78 is 5.37. The highest BCUT2D eigenvalue weighted by atomic mass is 16.5. The molecule has 0 bridgehead atoms. The van der Waals surface area contributed by atoms with Crippen LogP contribution in [0.15, 0.2) is 24.3 Å². The van der Waals surface area contributed by atoms with Crippen molar-refractivity contribution >= 4 is 0 Å². The van der Waals surface area contributed by atoms with Crippen LogP contribution in [-0.4, -0.2) is 45.2 Å². The predicted octanol–water partition coefficient (Wildman–Crippen LogP) is 2.17. The number of likely N-dealkylation sites (tertiary alicyclic amines) is 1. The molecule has 19 heavy (non-hydrogen) atoms. The molecule has 1 aromatic rings. The van der Waals surface area contributed by atoms with Crippen LogP contribution in [0.4, 0.5) is 0 Å². The standard InChI is InChI=1S/C16H26N2O/c1-18-11-5-6-14(13-18)12-17-10-9-15-7-3-4-8-16(15)19-2/h3-4,7-8,14,17H,5-6,9-13H2,1-2H3. The van der Waals surface area contributed by atoms with Crippen LogP contribution in [0.2, 0.25) is 0 Å². The van der Waals surface area contributed by atoms with Crippen LogP contribution in [0.3, 0.4) is 0 Å². The molecule has 0 aromatic heterocycles. The number of nitrogens with zero attached hydrogens (tertiary/aromatic N) is 1. The average molecular weight is 262 g/mol. The summed E-state index contributed by atoms with van der Waals surface area (Å²) in [6.45, 7) is 4.67. The van der Waals surface area contributed by atoms with Crippen LogP contribution < -0.4 is 10.1 Å². The fraction of sp³-hybridized carbons (Fsp3) is 0.625. The summed E-state index contributed by atoms with van der Waals surface area (Å²) in [6.07, 6.45) is 3.74. The second-order valence-corrected chi connectivity index (χ2v) is 5.54. The van der Waals surface area contributed by atoms with Crippen molar-refractivity contribution in [3.63, 3.8) is 0 Å². The van der Waals surface area contributed by atoms with Gasteiger partial charge in [-0.1, -0.05) is 18.2 Å². The minimum atomic E-state index is 0.816. The molecule has 2 rings (SSSR count). The number of piperidine rings is 1. The minimum Gasteiger partial charge on any atom is -0.496 e. The van der Waals surface area contributed by atoms with Gasteiger partial charge in [0.25, 0.3) is 0 Å². The van der Waals surface area contributed by atoms with E-state index in [1.54, 1.807) is 7.11 Å². The monoisotopic (exact) mass is 262 g/mol. The van der Waals surface area contributed by atoms with E-state index in [0.717, 1.165) is 31.2 Å². The van der Waals surface area contributed by atoms with Crippen LogP contribution in [0, 0.1) is 5.92 Å². The molecule has 1 saturated heterocycles. The van der Waals surface area contributed by atoms with Gasteiger partial charge in [0.2, 0.25) is 0 Å².